The molecule has 3 amide bonds. The van der Waals surface area contributed by atoms with Crippen LogP contribution in [0.5, 0.6) is 0 Å². The number of benzene rings is 1. The standard InChI is InChI=1S/C21H25ClFN5O4/c1-26-9-12(18(30)5-7-29)10-28-19(20(26)31)14-11-27(6-4-17(14)25-28)21(32)24-13-2-3-16(23)15(22)8-13/h2-3,8,12,18,29-30H,4-7,9-11H2,1H3,(H,24,32). The molecule has 0 saturated heterocycles. The molecule has 11 heteroatoms. The molecule has 0 spiro atoms. The van der Waals surface area contributed by atoms with Gasteiger partial charge in [-0.3, -0.25) is 9.48 Å². The van der Waals surface area contributed by atoms with E-state index in [4.69, 9.17) is 16.7 Å². The van der Waals surface area contributed by atoms with E-state index in [-0.39, 0.29) is 42.5 Å². The van der Waals surface area contributed by atoms with Crippen molar-refractivity contribution < 1.29 is 24.2 Å². The lowest BCUT2D eigenvalue weighted by Gasteiger charge is -2.28. The van der Waals surface area contributed by atoms with Crippen LogP contribution in [0.1, 0.15) is 28.2 Å². The van der Waals surface area contributed by atoms with Crippen LogP contribution in [0.3, 0.4) is 0 Å². The molecule has 0 bridgehead atoms. The molecule has 0 aliphatic carbocycles. The van der Waals surface area contributed by atoms with Gasteiger partial charge < -0.3 is 25.3 Å². The fourth-order valence-corrected chi connectivity index (χ4v) is 4.43. The normalized spacial score (nSPS) is 19.3. The van der Waals surface area contributed by atoms with Gasteiger partial charge in [-0.2, -0.15) is 5.10 Å². The summed E-state index contributed by atoms with van der Waals surface area (Å²) < 4.78 is 15.0. The van der Waals surface area contributed by atoms with E-state index in [0.717, 1.165) is 5.69 Å². The van der Waals surface area contributed by atoms with Crippen LogP contribution in [-0.2, 0) is 19.5 Å². The Labute approximate surface area is 189 Å². The van der Waals surface area contributed by atoms with Crippen molar-refractivity contribution in [2.75, 3.05) is 32.1 Å². The Morgan fingerprint density at radius 3 is 2.91 bits per heavy atom. The number of hydrogen-bond donors (Lipinski definition) is 3. The number of rotatable bonds is 4. The lowest BCUT2D eigenvalue weighted by Crippen LogP contribution is -2.40. The quantitative estimate of drug-likeness (QED) is 0.636. The zero-order valence-electron chi connectivity index (χ0n) is 17.6. The SMILES string of the molecule is CN1CC(C(O)CCO)Cn2nc3c(c2C1=O)CN(C(=O)Nc1ccc(F)c(Cl)c1)CC3. The molecule has 2 atom stereocenters. The predicted octanol–water partition coefficient (Wildman–Crippen LogP) is 1.71. The molecule has 0 fully saturated rings. The van der Waals surface area contributed by atoms with Gasteiger partial charge in [-0.05, 0) is 24.6 Å². The second kappa shape index (κ2) is 9.05. The molecular formula is C21H25ClFN5O4. The Morgan fingerprint density at radius 2 is 2.19 bits per heavy atom. The number of halogens is 2. The highest BCUT2D eigenvalue weighted by Gasteiger charge is 2.36. The summed E-state index contributed by atoms with van der Waals surface area (Å²) in [5, 5.41) is 26.8. The van der Waals surface area contributed by atoms with Gasteiger partial charge in [0.05, 0.1) is 23.4 Å². The van der Waals surface area contributed by atoms with E-state index < -0.39 is 11.9 Å². The van der Waals surface area contributed by atoms with Crippen LogP contribution >= 0.6 is 11.6 Å². The third-order valence-corrected chi connectivity index (χ3v) is 6.28. The average molecular weight is 466 g/mol. The first-order chi connectivity index (χ1) is 15.3. The van der Waals surface area contributed by atoms with E-state index >= 15 is 0 Å². The maximum atomic E-state index is 13.4. The molecule has 2 aromatic rings. The Morgan fingerprint density at radius 1 is 1.41 bits per heavy atom. The molecule has 3 heterocycles. The summed E-state index contributed by atoms with van der Waals surface area (Å²) >= 11 is 5.79. The summed E-state index contributed by atoms with van der Waals surface area (Å²) in [6.45, 7) is 1.16. The van der Waals surface area contributed by atoms with Gasteiger partial charge in [0.2, 0.25) is 0 Å². The first-order valence-electron chi connectivity index (χ1n) is 10.4. The van der Waals surface area contributed by atoms with E-state index in [1.165, 1.54) is 18.2 Å². The molecule has 0 saturated carbocycles. The lowest BCUT2D eigenvalue weighted by molar-refractivity contribution is 0.0519. The summed E-state index contributed by atoms with van der Waals surface area (Å²) in [7, 11) is 1.67. The Bertz CT molecular complexity index is 1050. The van der Waals surface area contributed by atoms with Crippen LogP contribution in [0.2, 0.25) is 5.02 Å². The maximum Gasteiger partial charge on any atom is 0.322 e. The summed E-state index contributed by atoms with van der Waals surface area (Å²) in [5.74, 6) is -1.05. The Balaban J connectivity index is 1.56. The van der Waals surface area contributed by atoms with Crippen LogP contribution in [0.15, 0.2) is 18.2 Å². The van der Waals surface area contributed by atoms with Gasteiger partial charge in [0.15, 0.2) is 0 Å². The highest BCUT2D eigenvalue weighted by atomic mass is 35.5. The number of aliphatic hydroxyl groups is 2. The van der Waals surface area contributed by atoms with Crippen molar-refractivity contribution in [3.8, 4) is 0 Å². The largest absolute Gasteiger partial charge is 0.396 e. The molecule has 9 nitrogen and oxygen atoms in total. The van der Waals surface area contributed by atoms with Gasteiger partial charge in [0, 0.05) is 56.9 Å². The van der Waals surface area contributed by atoms with Crippen molar-refractivity contribution >= 4 is 29.2 Å². The summed E-state index contributed by atoms with van der Waals surface area (Å²) in [4.78, 5) is 29.0. The number of nitrogens with one attached hydrogen (secondary N) is 1. The molecule has 172 valence electrons. The first kappa shape index (κ1) is 22.5. The molecule has 1 aromatic carbocycles. The summed E-state index contributed by atoms with van der Waals surface area (Å²) in [5.41, 5.74) is 2.24. The fourth-order valence-electron chi connectivity index (χ4n) is 4.25. The molecule has 4 rings (SSSR count). The van der Waals surface area contributed by atoms with E-state index in [1.807, 2.05) is 0 Å². The zero-order valence-corrected chi connectivity index (χ0v) is 18.3. The number of anilines is 1. The van der Waals surface area contributed by atoms with Gasteiger partial charge >= 0.3 is 6.03 Å². The van der Waals surface area contributed by atoms with Crippen LogP contribution < -0.4 is 5.32 Å². The first-order valence-corrected chi connectivity index (χ1v) is 10.8. The fraction of sp³-hybridized carbons (Fsp3) is 0.476. The van der Waals surface area contributed by atoms with Gasteiger partial charge in [-0.25, -0.2) is 9.18 Å². The van der Waals surface area contributed by atoms with Crippen molar-refractivity contribution in [3.05, 3.63) is 46.0 Å². The van der Waals surface area contributed by atoms with Crippen molar-refractivity contribution in [1.29, 1.82) is 0 Å². The molecule has 0 radical (unpaired) electrons. The third kappa shape index (κ3) is 4.30. The van der Waals surface area contributed by atoms with E-state index in [2.05, 4.69) is 10.4 Å². The van der Waals surface area contributed by atoms with E-state index in [0.29, 0.717) is 43.0 Å². The minimum Gasteiger partial charge on any atom is -0.396 e. The minimum atomic E-state index is -0.757. The van der Waals surface area contributed by atoms with Crippen molar-refractivity contribution in [2.24, 2.45) is 5.92 Å². The van der Waals surface area contributed by atoms with Crippen molar-refractivity contribution in [2.45, 2.75) is 32.0 Å². The number of amides is 3. The monoisotopic (exact) mass is 465 g/mol. The number of hydrogen-bond acceptors (Lipinski definition) is 5. The number of aromatic nitrogens is 2. The van der Waals surface area contributed by atoms with Crippen LogP contribution in [0.4, 0.5) is 14.9 Å². The molecule has 3 N–H and O–H groups in total. The second-order valence-corrected chi connectivity index (χ2v) is 8.62. The number of carbonyl (C=O) groups is 2. The topological polar surface area (TPSA) is 111 Å². The van der Waals surface area contributed by atoms with Gasteiger partial charge in [-0.15, -0.1) is 0 Å². The molecule has 2 aliphatic heterocycles. The van der Waals surface area contributed by atoms with Crippen LogP contribution in [0, 0.1) is 11.7 Å². The molecule has 2 aliphatic rings. The molecular weight excluding hydrogens is 441 g/mol. The average Bonchev–Trinajstić information content (AvgIpc) is 3.06. The number of nitrogens with zero attached hydrogens (tertiary/aromatic N) is 4. The second-order valence-electron chi connectivity index (χ2n) is 8.21. The molecule has 1 aromatic heterocycles. The minimum absolute atomic E-state index is 0.0859. The van der Waals surface area contributed by atoms with Gasteiger partial charge in [-0.1, -0.05) is 11.6 Å². The zero-order chi connectivity index (χ0) is 23.0. The van der Waals surface area contributed by atoms with Gasteiger partial charge in [0.25, 0.3) is 5.91 Å². The summed E-state index contributed by atoms with van der Waals surface area (Å²) in [6, 6.07) is 3.56. The van der Waals surface area contributed by atoms with Gasteiger partial charge in [0.1, 0.15) is 11.5 Å². The van der Waals surface area contributed by atoms with Crippen molar-refractivity contribution in [1.82, 2.24) is 19.6 Å². The number of aliphatic hydroxyl groups excluding tert-OH is 2. The number of carbonyl (C=O) groups excluding carboxylic acids is 2. The molecule has 2 unspecified atom stereocenters. The van der Waals surface area contributed by atoms with Crippen molar-refractivity contribution in [3.63, 3.8) is 0 Å². The van der Waals surface area contributed by atoms with Crippen LogP contribution in [-0.4, -0.2) is 74.6 Å². The van der Waals surface area contributed by atoms with E-state index in [1.54, 1.807) is 21.5 Å². The van der Waals surface area contributed by atoms with Crippen LogP contribution in [0.25, 0.3) is 0 Å². The number of fused-ring (bicyclic) bond motifs is 3. The highest BCUT2D eigenvalue weighted by molar-refractivity contribution is 6.31. The summed E-state index contributed by atoms with van der Waals surface area (Å²) in [6.07, 6.45) is -0.0507. The number of urea groups is 1. The predicted molar refractivity (Wildman–Crippen MR) is 115 cm³/mol. The Kier molecular flexibility index (Phi) is 6.36. The molecule has 32 heavy (non-hydrogen) atoms. The Hall–Kier alpha value is -2.69. The maximum absolute atomic E-state index is 13.4. The lowest BCUT2D eigenvalue weighted by atomic mass is 10.00. The smallest absolute Gasteiger partial charge is 0.322 e. The third-order valence-electron chi connectivity index (χ3n) is 5.99. The highest BCUT2D eigenvalue weighted by Crippen LogP contribution is 2.28. The van der Waals surface area contributed by atoms with E-state index in [9.17, 15) is 19.1 Å².